The number of nitrogens with one attached hydrogen (secondary N) is 1. The average molecular weight is 316 g/mol. The first kappa shape index (κ1) is 18.0. The van der Waals surface area contributed by atoms with Gasteiger partial charge in [0.1, 0.15) is 0 Å². The molecule has 0 aromatic heterocycles. The number of alkyl halides is 3. The fourth-order valence-electron chi connectivity index (χ4n) is 1.63. The minimum atomic E-state index is -4.90. The minimum absolute atomic E-state index is 0.197. The molecular formula is C15H19F3N2O2. The summed E-state index contributed by atoms with van der Waals surface area (Å²) >= 11 is 0. The summed E-state index contributed by atoms with van der Waals surface area (Å²) < 4.78 is 37.0. The molecule has 0 bridgehead atoms. The van der Waals surface area contributed by atoms with Gasteiger partial charge in [0, 0.05) is 24.7 Å². The van der Waals surface area contributed by atoms with E-state index >= 15 is 0 Å². The highest BCUT2D eigenvalue weighted by Crippen LogP contribution is 2.21. The summed E-state index contributed by atoms with van der Waals surface area (Å²) in [6, 6.07) is 6.38. The van der Waals surface area contributed by atoms with Gasteiger partial charge in [0.25, 0.3) is 0 Å². The third-order valence-electron chi connectivity index (χ3n) is 2.87. The van der Waals surface area contributed by atoms with E-state index in [1.165, 1.54) is 0 Å². The number of hydrogen-bond acceptors (Lipinski definition) is 2. The van der Waals surface area contributed by atoms with Crippen LogP contribution in [-0.4, -0.2) is 29.9 Å². The van der Waals surface area contributed by atoms with Crippen molar-refractivity contribution in [3.8, 4) is 0 Å². The summed E-state index contributed by atoms with van der Waals surface area (Å²) in [6.07, 6.45) is -4.90. The van der Waals surface area contributed by atoms with Gasteiger partial charge in [0.15, 0.2) is 0 Å². The van der Waals surface area contributed by atoms with Crippen LogP contribution in [-0.2, 0) is 16.1 Å². The summed E-state index contributed by atoms with van der Waals surface area (Å²) in [5.41, 5.74) is 0.385. The maximum Gasteiger partial charge on any atom is 0.471 e. The van der Waals surface area contributed by atoms with Crippen LogP contribution in [0.25, 0.3) is 0 Å². The predicted octanol–water partition coefficient (Wildman–Crippen LogP) is 3.19. The summed E-state index contributed by atoms with van der Waals surface area (Å²) in [5.74, 6) is -2.11. The Labute approximate surface area is 127 Å². The first-order valence-electron chi connectivity index (χ1n) is 6.64. The monoisotopic (exact) mass is 316 g/mol. The van der Waals surface area contributed by atoms with E-state index in [0.717, 1.165) is 7.05 Å². The summed E-state index contributed by atoms with van der Waals surface area (Å²) in [6.45, 7) is 5.06. The molecule has 2 amide bonds. The second kappa shape index (κ2) is 6.37. The van der Waals surface area contributed by atoms with Crippen molar-refractivity contribution in [1.82, 2.24) is 4.90 Å². The highest BCUT2D eigenvalue weighted by atomic mass is 19.4. The molecule has 0 saturated carbocycles. The number of halogens is 3. The molecule has 1 aromatic carbocycles. The van der Waals surface area contributed by atoms with E-state index in [9.17, 15) is 22.8 Å². The van der Waals surface area contributed by atoms with Crippen LogP contribution in [0.3, 0.4) is 0 Å². The van der Waals surface area contributed by atoms with E-state index < -0.39 is 17.5 Å². The van der Waals surface area contributed by atoms with Crippen LogP contribution in [0.15, 0.2) is 24.3 Å². The van der Waals surface area contributed by atoms with Gasteiger partial charge in [-0.25, -0.2) is 0 Å². The standard InChI is InChI=1S/C15H19F3N2O2/c1-14(2,3)12(21)19-11-7-5-6-10(8-11)9-20(4)13(22)15(16,17)18/h5-8H,9H2,1-4H3,(H,19,21). The molecule has 0 aliphatic rings. The summed E-state index contributed by atoms with van der Waals surface area (Å²) in [5, 5.41) is 2.69. The molecule has 4 nitrogen and oxygen atoms in total. The van der Waals surface area contributed by atoms with Crippen molar-refractivity contribution < 1.29 is 22.8 Å². The fraction of sp³-hybridized carbons (Fsp3) is 0.467. The Morgan fingerprint density at radius 2 is 1.77 bits per heavy atom. The second-order valence-electron chi connectivity index (χ2n) is 6.06. The van der Waals surface area contributed by atoms with Crippen molar-refractivity contribution >= 4 is 17.5 Å². The molecule has 0 aliphatic carbocycles. The van der Waals surface area contributed by atoms with Crippen molar-refractivity contribution in [1.29, 1.82) is 0 Å². The Morgan fingerprint density at radius 3 is 2.27 bits per heavy atom. The van der Waals surface area contributed by atoms with Crippen LogP contribution >= 0.6 is 0 Å². The number of benzene rings is 1. The Hall–Kier alpha value is -2.05. The topological polar surface area (TPSA) is 49.4 Å². The lowest BCUT2D eigenvalue weighted by molar-refractivity contribution is -0.184. The second-order valence-corrected chi connectivity index (χ2v) is 6.06. The molecule has 122 valence electrons. The maximum absolute atomic E-state index is 12.3. The molecule has 0 radical (unpaired) electrons. The summed E-state index contributed by atoms with van der Waals surface area (Å²) in [4.78, 5) is 23.6. The van der Waals surface area contributed by atoms with Gasteiger partial charge in [-0.2, -0.15) is 13.2 Å². The number of carbonyl (C=O) groups is 2. The zero-order valence-corrected chi connectivity index (χ0v) is 12.9. The number of amides is 2. The molecule has 22 heavy (non-hydrogen) atoms. The van der Waals surface area contributed by atoms with E-state index in [2.05, 4.69) is 5.32 Å². The van der Waals surface area contributed by atoms with Gasteiger partial charge in [-0.05, 0) is 17.7 Å². The van der Waals surface area contributed by atoms with Crippen LogP contribution in [0.4, 0.5) is 18.9 Å². The number of rotatable bonds is 3. The number of nitrogens with zero attached hydrogens (tertiary/aromatic N) is 1. The van der Waals surface area contributed by atoms with E-state index in [4.69, 9.17) is 0 Å². The van der Waals surface area contributed by atoms with Gasteiger partial charge in [0.2, 0.25) is 5.91 Å². The first-order chi connectivity index (χ1) is 9.91. The smallest absolute Gasteiger partial charge is 0.334 e. The molecule has 0 spiro atoms. The van der Waals surface area contributed by atoms with Crippen molar-refractivity contribution in [2.45, 2.75) is 33.5 Å². The molecule has 0 heterocycles. The lowest BCUT2D eigenvalue weighted by Gasteiger charge is -2.20. The fourth-order valence-corrected chi connectivity index (χ4v) is 1.63. The molecule has 1 aromatic rings. The van der Waals surface area contributed by atoms with Gasteiger partial charge < -0.3 is 10.2 Å². The van der Waals surface area contributed by atoms with Crippen molar-refractivity contribution in [3.63, 3.8) is 0 Å². The zero-order chi connectivity index (χ0) is 17.1. The Bertz CT molecular complexity index is 563. The van der Waals surface area contributed by atoms with E-state index in [1.54, 1.807) is 45.0 Å². The van der Waals surface area contributed by atoms with Crippen molar-refractivity contribution in [3.05, 3.63) is 29.8 Å². The molecule has 0 fully saturated rings. The van der Waals surface area contributed by atoms with E-state index in [1.807, 2.05) is 0 Å². The third kappa shape index (κ3) is 5.05. The molecule has 0 aliphatic heterocycles. The zero-order valence-electron chi connectivity index (χ0n) is 12.9. The van der Waals surface area contributed by atoms with Crippen LogP contribution in [0.2, 0.25) is 0 Å². The van der Waals surface area contributed by atoms with E-state index in [-0.39, 0.29) is 12.5 Å². The van der Waals surface area contributed by atoms with Crippen LogP contribution in [0.1, 0.15) is 26.3 Å². The predicted molar refractivity (Wildman–Crippen MR) is 77.1 cm³/mol. The lowest BCUT2D eigenvalue weighted by atomic mass is 9.95. The largest absolute Gasteiger partial charge is 0.471 e. The highest BCUT2D eigenvalue weighted by molar-refractivity contribution is 5.94. The number of hydrogen-bond donors (Lipinski definition) is 1. The molecule has 7 heteroatoms. The van der Waals surface area contributed by atoms with Gasteiger partial charge in [-0.1, -0.05) is 32.9 Å². The number of carbonyl (C=O) groups excluding carboxylic acids is 2. The molecule has 0 saturated heterocycles. The number of anilines is 1. The Balaban J connectivity index is 2.81. The average Bonchev–Trinajstić information content (AvgIpc) is 2.35. The van der Waals surface area contributed by atoms with Gasteiger partial charge in [-0.15, -0.1) is 0 Å². The first-order valence-corrected chi connectivity index (χ1v) is 6.64. The Kier molecular flexibility index (Phi) is 5.22. The molecule has 0 unspecified atom stereocenters. The molecule has 1 N–H and O–H groups in total. The van der Waals surface area contributed by atoms with Crippen molar-refractivity contribution in [2.75, 3.05) is 12.4 Å². The van der Waals surface area contributed by atoms with Crippen LogP contribution < -0.4 is 5.32 Å². The molecule has 0 atom stereocenters. The lowest BCUT2D eigenvalue weighted by Crippen LogP contribution is -2.37. The molecular weight excluding hydrogens is 297 g/mol. The SMILES string of the molecule is CN(Cc1cccc(NC(=O)C(C)(C)C)c1)C(=O)C(F)(F)F. The maximum atomic E-state index is 12.3. The Morgan fingerprint density at radius 1 is 1.18 bits per heavy atom. The minimum Gasteiger partial charge on any atom is -0.334 e. The van der Waals surface area contributed by atoms with E-state index in [0.29, 0.717) is 16.2 Å². The van der Waals surface area contributed by atoms with Gasteiger partial charge >= 0.3 is 12.1 Å². The highest BCUT2D eigenvalue weighted by Gasteiger charge is 2.41. The van der Waals surface area contributed by atoms with Crippen LogP contribution in [0, 0.1) is 5.41 Å². The van der Waals surface area contributed by atoms with Gasteiger partial charge in [-0.3, -0.25) is 9.59 Å². The van der Waals surface area contributed by atoms with Crippen molar-refractivity contribution in [2.24, 2.45) is 5.41 Å². The third-order valence-corrected chi connectivity index (χ3v) is 2.87. The van der Waals surface area contributed by atoms with Crippen LogP contribution in [0.5, 0.6) is 0 Å². The van der Waals surface area contributed by atoms with Gasteiger partial charge in [0.05, 0.1) is 0 Å². The summed E-state index contributed by atoms with van der Waals surface area (Å²) in [7, 11) is 1.08. The quantitative estimate of drug-likeness (QED) is 0.931. The molecule has 1 rings (SSSR count). The normalized spacial score (nSPS) is 12.0.